The molecule has 0 bridgehead atoms. The van der Waals surface area contributed by atoms with Crippen LogP contribution >= 0.6 is 0 Å². The maximum Gasteiger partial charge on any atom is 0.123 e. The van der Waals surface area contributed by atoms with Crippen molar-refractivity contribution < 1.29 is 4.74 Å². The number of benzene rings is 1. The summed E-state index contributed by atoms with van der Waals surface area (Å²) in [7, 11) is 2.19. The first-order chi connectivity index (χ1) is 12.3. The maximum atomic E-state index is 6.16. The summed E-state index contributed by atoms with van der Waals surface area (Å²) in [4.78, 5) is 7.42. The summed E-state index contributed by atoms with van der Waals surface area (Å²) in [5.74, 6) is 1.04. The lowest BCUT2D eigenvalue weighted by Gasteiger charge is -2.35. The molecule has 1 unspecified atom stereocenters. The molecule has 2 fully saturated rings. The molecule has 0 aromatic heterocycles. The maximum absolute atomic E-state index is 6.16. The molecular weight excluding hydrogens is 312 g/mol. The molecule has 140 valence electrons. The van der Waals surface area contributed by atoms with Crippen LogP contribution < -0.4 is 10.5 Å². The second-order valence-corrected chi connectivity index (χ2v) is 7.46. The van der Waals surface area contributed by atoms with E-state index in [9.17, 15) is 0 Å². The van der Waals surface area contributed by atoms with Gasteiger partial charge in [-0.15, -0.1) is 0 Å². The monoisotopic (exact) mass is 346 g/mol. The molecule has 3 rings (SSSR count). The van der Waals surface area contributed by atoms with E-state index in [0.29, 0.717) is 6.04 Å². The second-order valence-electron chi connectivity index (χ2n) is 7.46. The number of hydrogen-bond acceptors (Lipinski definition) is 5. The number of para-hydroxylation sites is 1. The predicted molar refractivity (Wildman–Crippen MR) is 103 cm³/mol. The molecule has 0 spiro atoms. The molecule has 1 aromatic rings. The Kier molecular flexibility index (Phi) is 7.11. The van der Waals surface area contributed by atoms with Crippen LogP contribution in [0, 0.1) is 0 Å². The zero-order chi connectivity index (χ0) is 17.5. The van der Waals surface area contributed by atoms with Crippen LogP contribution in [0.5, 0.6) is 5.75 Å². The Morgan fingerprint density at radius 1 is 1.08 bits per heavy atom. The van der Waals surface area contributed by atoms with Crippen molar-refractivity contribution in [1.82, 2.24) is 14.7 Å². The molecule has 0 saturated carbocycles. The van der Waals surface area contributed by atoms with E-state index in [2.05, 4.69) is 46.0 Å². The topological polar surface area (TPSA) is 45.0 Å². The van der Waals surface area contributed by atoms with Gasteiger partial charge in [0.05, 0.1) is 0 Å². The van der Waals surface area contributed by atoms with Crippen LogP contribution in [0.2, 0.25) is 0 Å². The van der Waals surface area contributed by atoms with Crippen LogP contribution in [0.25, 0.3) is 0 Å². The van der Waals surface area contributed by atoms with Crippen molar-refractivity contribution in [2.75, 3.05) is 59.5 Å². The van der Waals surface area contributed by atoms with Gasteiger partial charge in [-0.2, -0.15) is 0 Å². The van der Waals surface area contributed by atoms with Gasteiger partial charge in [0.25, 0.3) is 0 Å². The van der Waals surface area contributed by atoms with Crippen LogP contribution in [-0.4, -0.2) is 80.2 Å². The van der Waals surface area contributed by atoms with E-state index in [-0.39, 0.29) is 0 Å². The number of piperidine rings is 1. The van der Waals surface area contributed by atoms with Gasteiger partial charge in [0, 0.05) is 57.4 Å². The zero-order valence-electron chi connectivity index (χ0n) is 15.7. The molecule has 2 aliphatic heterocycles. The van der Waals surface area contributed by atoms with E-state index in [1.165, 1.54) is 24.8 Å². The Balaban J connectivity index is 1.52. The number of hydrogen-bond donors (Lipinski definition) is 1. The highest BCUT2D eigenvalue weighted by molar-refractivity contribution is 5.33. The van der Waals surface area contributed by atoms with Gasteiger partial charge in [-0.05, 0) is 32.5 Å². The largest absolute Gasteiger partial charge is 0.492 e. The van der Waals surface area contributed by atoms with Gasteiger partial charge < -0.3 is 15.4 Å². The third-order valence-corrected chi connectivity index (χ3v) is 5.63. The molecule has 0 aliphatic carbocycles. The lowest BCUT2D eigenvalue weighted by Crippen LogP contribution is -2.45. The van der Waals surface area contributed by atoms with Crippen LogP contribution in [0.15, 0.2) is 24.3 Å². The minimum Gasteiger partial charge on any atom is -0.492 e. The minimum absolute atomic E-state index is 0.521. The summed E-state index contributed by atoms with van der Waals surface area (Å²) >= 11 is 0. The quantitative estimate of drug-likeness (QED) is 0.813. The number of likely N-dealkylation sites (N-methyl/N-ethyl adjacent to an activating group) is 1. The second kappa shape index (κ2) is 9.53. The molecule has 2 aliphatic rings. The van der Waals surface area contributed by atoms with Crippen molar-refractivity contribution in [1.29, 1.82) is 0 Å². The Morgan fingerprint density at radius 2 is 1.88 bits per heavy atom. The molecule has 0 radical (unpaired) electrons. The predicted octanol–water partition coefficient (Wildman–Crippen LogP) is 1.63. The van der Waals surface area contributed by atoms with E-state index in [4.69, 9.17) is 10.5 Å². The molecule has 2 heterocycles. The molecule has 2 N–H and O–H groups in total. The van der Waals surface area contributed by atoms with E-state index < -0.39 is 0 Å². The average molecular weight is 347 g/mol. The van der Waals surface area contributed by atoms with Crippen molar-refractivity contribution in [3.05, 3.63) is 29.8 Å². The third-order valence-electron chi connectivity index (χ3n) is 5.63. The number of likely N-dealkylation sites (tertiary alicyclic amines) is 1. The van der Waals surface area contributed by atoms with Gasteiger partial charge in [0.1, 0.15) is 12.4 Å². The Bertz CT molecular complexity index is 516. The third kappa shape index (κ3) is 5.42. The van der Waals surface area contributed by atoms with Crippen molar-refractivity contribution in [2.24, 2.45) is 5.73 Å². The van der Waals surface area contributed by atoms with Crippen LogP contribution in [0.4, 0.5) is 0 Å². The first kappa shape index (κ1) is 18.6. The Morgan fingerprint density at radius 3 is 2.68 bits per heavy atom. The first-order valence-electron chi connectivity index (χ1n) is 9.82. The van der Waals surface area contributed by atoms with E-state index in [1.54, 1.807) is 0 Å². The molecule has 2 saturated heterocycles. The molecule has 0 amide bonds. The van der Waals surface area contributed by atoms with Crippen molar-refractivity contribution in [3.63, 3.8) is 0 Å². The van der Waals surface area contributed by atoms with Crippen molar-refractivity contribution >= 4 is 0 Å². The van der Waals surface area contributed by atoms with Crippen LogP contribution in [0.3, 0.4) is 0 Å². The molecule has 5 heteroatoms. The molecule has 1 atom stereocenters. The van der Waals surface area contributed by atoms with Crippen LogP contribution in [-0.2, 0) is 6.54 Å². The Labute approximate surface area is 152 Å². The lowest BCUT2D eigenvalue weighted by atomic mass is 10.0. The number of rotatable bonds is 7. The number of piperazine rings is 1. The van der Waals surface area contributed by atoms with Gasteiger partial charge in [-0.25, -0.2) is 0 Å². The summed E-state index contributed by atoms with van der Waals surface area (Å²) < 4.78 is 6.16. The van der Waals surface area contributed by atoms with Gasteiger partial charge in [0.2, 0.25) is 0 Å². The number of nitrogens with zero attached hydrogens (tertiary/aromatic N) is 3. The normalized spacial score (nSPS) is 23.7. The fourth-order valence-electron chi connectivity index (χ4n) is 3.89. The van der Waals surface area contributed by atoms with Gasteiger partial charge in [-0.3, -0.25) is 9.80 Å². The van der Waals surface area contributed by atoms with Gasteiger partial charge in [-0.1, -0.05) is 24.6 Å². The number of ether oxygens (including phenoxy) is 1. The van der Waals surface area contributed by atoms with Crippen molar-refractivity contribution in [2.45, 2.75) is 31.8 Å². The molecule has 25 heavy (non-hydrogen) atoms. The fraction of sp³-hybridized carbons (Fsp3) is 0.700. The van der Waals surface area contributed by atoms with Gasteiger partial charge >= 0.3 is 0 Å². The average Bonchev–Trinajstić information content (AvgIpc) is 2.65. The molecule has 5 nitrogen and oxygen atoms in total. The lowest BCUT2D eigenvalue weighted by molar-refractivity contribution is 0.130. The van der Waals surface area contributed by atoms with E-state index in [1.807, 2.05) is 0 Å². The highest BCUT2D eigenvalue weighted by Gasteiger charge is 2.22. The summed E-state index contributed by atoms with van der Waals surface area (Å²) in [6.45, 7) is 9.24. The van der Waals surface area contributed by atoms with E-state index in [0.717, 1.165) is 64.7 Å². The first-order valence-corrected chi connectivity index (χ1v) is 9.82. The highest BCUT2D eigenvalue weighted by Crippen LogP contribution is 2.24. The number of nitrogens with two attached hydrogens (primary N) is 1. The van der Waals surface area contributed by atoms with Gasteiger partial charge in [0.15, 0.2) is 0 Å². The van der Waals surface area contributed by atoms with E-state index >= 15 is 0 Å². The SMILES string of the molecule is CN1CCN(CCOc2ccccc2CN2CCCCC2CN)CC1. The minimum atomic E-state index is 0.521. The summed E-state index contributed by atoms with van der Waals surface area (Å²) in [5, 5.41) is 0. The smallest absolute Gasteiger partial charge is 0.123 e. The zero-order valence-corrected chi connectivity index (χ0v) is 15.7. The van der Waals surface area contributed by atoms with Crippen molar-refractivity contribution in [3.8, 4) is 5.75 Å². The summed E-state index contributed by atoms with van der Waals surface area (Å²) in [6, 6.07) is 9.02. The fourth-order valence-corrected chi connectivity index (χ4v) is 3.89. The molecular formula is C20H34N4O. The van der Waals surface area contributed by atoms with Crippen LogP contribution in [0.1, 0.15) is 24.8 Å². The standard InChI is InChI=1S/C20H34N4O/c1-22-10-12-23(13-11-22)14-15-25-20-8-3-2-6-18(20)17-24-9-5-4-7-19(24)16-21/h2-3,6,8,19H,4-5,7,9-17,21H2,1H3. The highest BCUT2D eigenvalue weighted by atomic mass is 16.5. The molecule has 1 aromatic carbocycles. The summed E-state index contributed by atoms with van der Waals surface area (Å²) in [6.07, 6.45) is 3.81. The summed E-state index contributed by atoms with van der Waals surface area (Å²) in [5.41, 5.74) is 7.27. The Hall–Kier alpha value is -1.14.